The zero-order valence-electron chi connectivity index (χ0n) is 23.4. The van der Waals surface area contributed by atoms with E-state index in [0.717, 1.165) is 65.9 Å². The number of allylic oxidation sites excluding steroid dienone is 4. The molecule has 0 spiro atoms. The molecule has 6 rings (SSSR count). The number of carbonyl (C=O) groups is 2. The highest BCUT2D eigenvalue weighted by molar-refractivity contribution is 5.93. The van der Waals surface area contributed by atoms with Crippen LogP contribution in [0.5, 0.6) is 5.75 Å². The summed E-state index contributed by atoms with van der Waals surface area (Å²) in [6.45, 7) is 1.54. The minimum atomic E-state index is -1.02. The largest absolute Gasteiger partial charge is 0.497 e. The molecule has 2 aromatic rings. The van der Waals surface area contributed by atoms with Crippen LogP contribution in [0.2, 0.25) is 0 Å². The third-order valence-corrected chi connectivity index (χ3v) is 8.71. The minimum Gasteiger partial charge on any atom is -0.497 e. The molecule has 2 aliphatic heterocycles. The Hall–Kier alpha value is -4.01. The zero-order valence-corrected chi connectivity index (χ0v) is 23.4. The molecule has 0 bridgehead atoms. The van der Waals surface area contributed by atoms with Crippen LogP contribution in [0.3, 0.4) is 0 Å². The summed E-state index contributed by atoms with van der Waals surface area (Å²) in [5, 5.41) is 3.09. The third-order valence-electron chi connectivity index (χ3n) is 8.71. The first-order valence-corrected chi connectivity index (χ1v) is 14.5. The van der Waals surface area contributed by atoms with Crippen molar-refractivity contribution in [2.75, 3.05) is 32.1 Å². The number of nitrogens with zero attached hydrogens (tertiary/aromatic N) is 4. The molecule has 214 valence electrons. The smallest absolute Gasteiger partial charge is 0.322 e. The molecule has 1 aromatic carbocycles. The lowest BCUT2D eigenvalue weighted by molar-refractivity contribution is 0.0750. The number of nitrogens with one attached hydrogen (secondary N) is 1. The van der Waals surface area contributed by atoms with Gasteiger partial charge in [0.15, 0.2) is 0 Å². The fraction of sp³-hybridized carbons (Fsp3) is 0.438. The Kier molecular flexibility index (Phi) is 7.85. The Balaban J connectivity index is 1.07. The van der Waals surface area contributed by atoms with E-state index < -0.39 is 6.17 Å². The number of anilines is 1. The van der Waals surface area contributed by atoms with Crippen LogP contribution in [0.15, 0.2) is 65.5 Å². The Labute approximate surface area is 240 Å². The van der Waals surface area contributed by atoms with Crippen LogP contribution in [-0.4, -0.2) is 70.7 Å². The van der Waals surface area contributed by atoms with Crippen molar-refractivity contribution in [3.8, 4) is 5.75 Å². The predicted molar refractivity (Wildman–Crippen MR) is 155 cm³/mol. The van der Waals surface area contributed by atoms with E-state index in [9.17, 15) is 14.0 Å². The first-order valence-electron chi connectivity index (χ1n) is 14.5. The van der Waals surface area contributed by atoms with Gasteiger partial charge in [-0.1, -0.05) is 23.8 Å². The van der Waals surface area contributed by atoms with Gasteiger partial charge < -0.3 is 19.9 Å². The summed E-state index contributed by atoms with van der Waals surface area (Å²) >= 11 is 0. The number of carbonyl (C=O) groups excluding carboxylic acids is 2. The van der Waals surface area contributed by atoms with E-state index in [1.165, 1.54) is 11.9 Å². The Morgan fingerprint density at radius 3 is 2.93 bits per heavy atom. The number of ether oxygens (including phenoxy) is 1. The van der Waals surface area contributed by atoms with Crippen molar-refractivity contribution in [3.05, 3.63) is 82.5 Å². The predicted octanol–water partition coefficient (Wildman–Crippen LogP) is 5.43. The van der Waals surface area contributed by atoms with Crippen molar-refractivity contribution >= 4 is 17.6 Å². The number of methoxy groups -OCH3 is 1. The molecule has 0 radical (unpaired) electrons. The van der Waals surface area contributed by atoms with Gasteiger partial charge in [-0.3, -0.25) is 4.79 Å². The van der Waals surface area contributed by atoms with Gasteiger partial charge in [-0.25, -0.2) is 19.2 Å². The lowest BCUT2D eigenvalue weighted by Gasteiger charge is -2.32. The summed E-state index contributed by atoms with van der Waals surface area (Å²) in [5.74, 6) is 0.615. The number of aromatic nitrogens is 2. The van der Waals surface area contributed by atoms with E-state index >= 15 is 0 Å². The lowest BCUT2D eigenvalue weighted by Crippen LogP contribution is -2.42. The molecule has 1 N–H and O–H groups in total. The second-order valence-electron chi connectivity index (χ2n) is 11.2. The summed E-state index contributed by atoms with van der Waals surface area (Å²) in [6, 6.07) is 7.65. The molecule has 0 fully saturated rings. The Bertz CT molecular complexity index is 1430. The van der Waals surface area contributed by atoms with Crippen molar-refractivity contribution in [2.45, 2.75) is 63.6 Å². The maximum atomic E-state index is 14.5. The molecular weight excluding hydrogens is 521 g/mol. The molecule has 8 nitrogen and oxygen atoms in total. The minimum absolute atomic E-state index is 0.0507. The van der Waals surface area contributed by atoms with E-state index in [0.29, 0.717) is 44.6 Å². The highest BCUT2D eigenvalue weighted by Crippen LogP contribution is 2.31. The quantitative estimate of drug-likeness (QED) is 0.496. The highest BCUT2D eigenvalue weighted by Gasteiger charge is 2.30. The van der Waals surface area contributed by atoms with Crippen molar-refractivity contribution in [1.29, 1.82) is 0 Å². The van der Waals surface area contributed by atoms with Gasteiger partial charge in [-0.15, -0.1) is 0 Å². The van der Waals surface area contributed by atoms with E-state index in [1.807, 2.05) is 35.3 Å². The second-order valence-corrected chi connectivity index (χ2v) is 11.2. The molecule has 2 unspecified atom stereocenters. The van der Waals surface area contributed by atoms with Crippen molar-refractivity contribution in [1.82, 2.24) is 19.8 Å². The summed E-state index contributed by atoms with van der Waals surface area (Å²) < 4.78 is 19.8. The van der Waals surface area contributed by atoms with Crippen LogP contribution in [-0.2, 0) is 12.8 Å². The molecule has 2 aliphatic carbocycles. The normalized spacial score (nSPS) is 22.7. The number of alkyl halides is 1. The average molecular weight is 558 g/mol. The molecule has 4 aliphatic rings. The van der Waals surface area contributed by atoms with Gasteiger partial charge >= 0.3 is 6.03 Å². The first-order chi connectivity index (χ1) is 20.0. The monoisotopic (exact) mass is 557 g/mol. The summed E-state index contributed by atoms with van der Waals surface area (Å²) in [4.78, 5) is 38.8. The number of benzene rings is 1. The molecule has 1 aromatic heterocycles. The number of hydrogen-bond acceptors (Lipinski definition) is 5. The van der Waals surface area contributed by atoms with Crippen LogP contribution in [0.4, 0.5) is 14.9 Å². The summed E-state index contributed by atoms with van der Waals surface area (Å²) in [7, 11) is 1.65. The number of amides is 3. The van der Waals surface area contributed by atoms with Gasteiger partial charge in [0.25, 0.3) is 5.91 Å². The number of urea groups is 1. The van der Waals surface area contributed by atoms with E-state index in [-0.39, 0.29) is 18.0 Å². The first kappa shape index (κ1) is 27.2. The number of halogens is 1. The van der Waals surface area contributed by atoms with Crippen LogP contribution in [0.25, 0.3) is 0 Å². The Morgan fingerprint density at radius 2 is 2.05 bits per heavy atom. The maximum Gasteiger partial charge on any atom is 0.322 e. The molecule has 0 saturated carbocycles. The van der Waals surface area contributed by atoms with Gasteiger partial charge in [0.05, 0.1) is 7.11 Å². The van der Waals surface area contributed by atoms with Gasteiger partial charge in [-0.2, -0.15) is 0 Å². The molecule has 0 saturated heterocycles. The van der Waals surface area contributed by atoms with Crippen molar-refractivity contribution in [2.24, 2.45) is 0 Å². The van der Waals surface area contributed by atoms with E-state index in [4.69, 9.17) is 4.74 Å². The van der Waals surface area contributed by atoms with Crippen LogP contribution >= 0.6 is 0 Å². The van der Waals surface area contributed by atoms with Gasteiger partial charge in [-0.05, 0) is 79.5 Å². The van der Waals surface area contributed by atoms with Gasteiger partial charge in [0, 0.05) is 49.9 Å². The molecule has 3 amide bonds. The maximum absolute atomic E-state index is 14.5. The van der Waals surface area contributed by atoms with Crippen LogP contribution in [0, 0.1) is 0 Å². The van der Waals surface area contributed by atoms with Crippen LogP contribution in [0.1, 0.15) is 60.3 Å². The fourth-order valence-corrected chi connectivity index (χ4v) is 6.40. The SMILES string of the molecule is COc1ccc2c(c1)CCN(C1CCC=C(Cc3cc(C(=O)N4CCC5=C(C4)C(F)CC=C5)ncn3)CC1)C(=O)N2. The van der Waals surface area contributed by atoms with E-state index in [1.54, 1.807) is 18.1 Å². The lowest BCUT2D eigenvalue weighted by atomic mass is 9.90. The number of fused-ring (bicyclic) bond motifs is 1. The van der Waals surface area contributed by atoms with Gasteiger partial charge in [0.2, 0.25) is 0 Å². The topological polar surface area (TPSA) is 87.7 Å². The molecular formula is C32H36FN5O3. The standard InChI is InChI=1S/C32H36FN5O3/c1-41-26-10-11-29-23(17-26)13-15-38(32(40)36-29)25-6-2-4-21(8-9-25)16-24-18-30(35-20-34-24)31(39)37-14-12-22-5-3-7-28(33)27(22)19-37/h3-5,10-11,17-18,20,25,28H,2,6-9,12-16,19H2,1H3,(H,36,40). The molecule has 3 heterocycles. The summed E-state index contributed by atoms with van der Waals surface area (Å²) in [5.41, 5.74) is 6.09. The number of hydrogen-bond donors (Lipinski definition) is 1. The molecule has 9 heteroatoms. The van der Waals surface area contributed by atoms with Crippen molar-refractivity contribution < 1.29 is 18.7 Å². The zero-order chi connectivity index (χ0) is 28.3. The highest BCUT2D eigenvalue weighted by atomic mass is 19.1. The van der Waals surface area contributed by atoms with Crippen LogP contribution < -0.4 is 10.1 Å². The fourth-order valence-electron chi connectivity index (χ4n) is 6.40. The second kappa shape index (κ2) is 11.8. The van der Waals surface area contributed by atoms with E-state index in [2.05, 4.69) is 21.4 Å². The molecule has 2 atom stereocenters. The summed E-state index contributed by atoms with van der Waals surface area (Å²) in [6.07, 6.45) is 12.5. The third kappa shape index (κ3) is 5.89. The molecule has 41 heavy (non-hydrogen) atoms. The number of rotatable bonds is 5. The Morgan fingerprint density at radius 1 is 1.15 bits per heavy atom. The average Bonchev–Trinajstić information content (AvgIpc) is 3.32. The van der Waals surface area contributed by atoms with Crippen molar-refractivity contribution in [3.63, 3.8) is 0 Å². The van der Waals surface area contributed by atoms with Gasteiger partial charge in [0.1, 0.15) is 23.9 Å².